The van der Waals surface area contributed by atoms with Gasteiger partial charge in [0.2, 0.25) is 5.91 Å². The molecule has 2 bridgehead atoms. The van der Waals surface area contributed by atoms with Crippen LogP contribution in [-0.2, 0) is 4.79 Å². The topological polar surface area (TPSA) is 119 Å². The SMILES string of the molecule is Cc1cn(C2CCC3(CC2)CCN(CC2CCN(c4cccc(N5C6CCC5CN(c5cc(Cl)nnc5N)C6)c4)CC2)CC3)c2ccc(N3CCC(=O)NC3=O)cc12. The number of hydrogen-bond acceptors (Lipinski definition) is 9. The summed E-state index contributed by atoms with van der Waals surface area (Å²) in [6, 6.07) is 18.6. The first-order valence-corrected chi connectivity index (χ1v) is 22.2. The number of nitrogen functional groups attached to an aromatic ring is 1. The fraction of sp³-hybridized carbons (Fsp3) is 0.556. The van der Waals surface area contributed by atoms with Crippen molar-refractivity contribution in [3.8, 4) is 0 Å². The molecule has 1 aliphatic carbocycles. The number of nitrogens with two attached hydrogens (primary N) is 1. The number of aryl methyl sites for hydroxylation is 1. The van der Waals surface area contributed by atoms with E-state index >= 15 is 0 Å². The number of hydrogen-bond donors (Lipinski definition) is 2. The Morgan fingerprint density at radius 2 is 1.53 bits per heavy atom. The lowest BCUT2D eigenvalue weighted by Crippen LogP contribution is -2.54. The minimum atomic E-state index is -0.327. The summed E-state index contributed by atoms with van der Waals surface area (Å²) in [7, 11) is 0. The number of nitrogens with zero attached hydrogens (tertiary/aromatic N) is 8. The van der Waals surface area contributed by atoms with Crippen LogP contribution in [0.5, 0.6) is 0 Å². The van der Waals surface area contributed by atoms with Crippen molar-refractivity contribution in [3.05, 3.63) is 65.4 Å². The van der Waals surface area contributed by atoms with E-state index in [1.54, 1.807) is 4.90 Å². The molecule has 306 valence electrons. The van der Waals surface area contributed by atoms with Crippen LogP contribution in [0, 0.1) is 18.3 Å². The molecule has 5 aliphatic heterocycles. The molecule has 3 amide bonds. The van der Waals surface area contributed by atoms with Crippen LogP contribution in [0.25, 0.3) is 10.9 Å². The van der Waals surface area contributed by atoms with Crippen LogP contribution < -0.4 is 30.7 Å². The Labute approximate surface area is 346 Å². The summed E-state index contributed by atoms with van der Waals surface area (Å²) >= 11 is 6.20. The number of fused-ring (bicyclic) bond motifs is 3. The van der Waals surface area contributed by atoms with E-state index in [0.29, 0.717) is 47.5 Å². The number of carbonyl (C=O) groups is 2. The molecule has 6 aliphatic rings. The maximum Gasteiger partial charge on any atom is 0.328 e. The molecular weight excluding hydrogens is 748 g/mol. The van der Waals surface area contributed by atoms with Gasteiger partial charge in [-0.3, -0.25) is 15.0 Å². The molecule has 4 aromatic rings. The fourth-order valence-corrected chi connectivity index (χ4v) is 11.8. The first-order chi connectivity index (χ1) is 28.2. The summed E-state index contributed by atoms with van der Waals surface area (Å²) in [4.78, 5) is 36.3. The minimum absolute atomic E-state index is 0.201. The van der Waals surface area contributed by atoms with Gasteiger partial charge in [0, 0.05) is 104 Å². The van der Waals surface area contributed by atoms with Gasteiger partial charge in [0.05, 0.1) is 5.69 Å². The molecule has 2 unspecified atom stereocenters. The Balaban J connectivity index is 0.698. The molecule has 1 spiro atoms. The Bertz CT molecular complexity index is 2170. The van der Waals surface area contributed by atoms with Crippen LogP contribution in [0.3, 0.4) is 0 Å². The van der Waals surface area contributed by atoms with E-state index in [1.165, 1.54) is 112 Å². The summed E-state index contributed by atoms with van der Waals surface area (Å²) in [5, 5.41) is 12.0. The predicted molar refractivity (Wildman–Crippen MR) is 232 cm³/mol. The lowest BCUT2D eigenvalue weighted by molar-refractivity contribution is -0.120. The number of anilines is 5. The third-order valence-electron chi connectivity index (χ3n) is 14.9. The van der Waals surface area contributed by atoms with Gasteiger partial charge in [-0.05, 0) is 138 Å². The number of urea groups is 1. The maximum absolute atomic E-state index is 12.5. The van der Waals surface area contributed by atoms with Crippen LogP contribution in [0.15, 0.2) is 54.7 Å². The number of rotatable bonds is 7. The summed E-state index contributed by atoms with van der Waals surface area (Å²) in [5.41, 5.74) is 13.7. The number of aromatic nitrogens is 3. The first kappa shape index (κ1) is 37.7. The summed E-state index contributed by atoms with van der Waals surface area (Å²) in [6.07, 6.45) is 15.3. The third-order valence-corrected chi connectivity index (χ3v) is 15.1. The average molecular weight is 805 g/mol. The number of likely N-dealkylation sites (tertiary alicyclic amines) is 1. The van der Waals surface area contributed by atoms with Crippen LogP contribution in [0.4, 0.5) is 33.4 Å². The normalized spacial score (nSPS) is 24.7. The number of piperidine rings is 2. The molecule has 2 aromatic heterocycles. The van der Waals surface area contributed by atoms with E-state index in [4.69, 9.17) is 17.3 Å². The van der Waals surface area contributed by atoms with Gasteiger partial charge in [0.25, 0.3) is 0 Å². The second kappa shape index (κ2) is 15.2. The van der Waals surface area contributed by atoms with Gasteiger partial charge in [-0.1, -0.05) is 17.7 Å². The zero-order valence-electron chi connectivity index (χ0n) is 33.8. The van der Waals surface area contributed by atoms with Gasteiger partial charge >= 0.3 is 6.03 Å². The van der Waals surface area contributed by atoms with E-state index < -0.39 is 0 Å². The van der Waals surface area contributed by atoms with Crippen molar-refractivity contribution in [1.82, 2.24) is 25.0 Å². The van der Waals surface area contributed by atoms with Gasteiger partial charge in [-0.25, -0.2) is 4.79 Å². The highest BCUT2D eigenvalue weighted by molar-refractivity contribution is 6.29. The molecule has 2 aromatic carbocycles. The number of amides is 3. The lowest BCUT2D eigenvalue weighted by atomic mass is 9.67. The molecule has 3 N–H and O–H groups in total. The molecule has 12 nitrogen and oxygen atoms in total. The van der Waals surface area contributed by atoms with Crippen molar-refractivity contribution >= 4 is 63.0 Å². The molecule has 6 fully saturated rings. The molecule has 58 heavy (non-hydrogen) atoms. The largest absolute Gasteiger partial charge is 0.380 e. The van der Waals surface area contributed by atoms with Gasteiger partial charge in [0.1, 0.15) is 0 Å². The van der Waals surface area contributed by atoms with Crippen LogP contribution in [-0.4, -0.2) is 96.0 Å². The quantitative estimate of drug-likeness (QED) is 0.197. The maximum atomic E-state index is 12.5. The van der Waals surface area contributed by atoms with Gasteiger partial charge < -0.3 is 29.9 Å². The molecule has 7 heterocycles. The summed E-state index contributed by atoms with van der Waals surface area (Å²) in [5.74, 6) is 1.02. The highest BCUT2D eigenvalue weighted by atomic mass is 35.5. The van der Waals surface area contributed by atoms with Crippen molar-refractivity contribution in [2.75, 3.05) is 77.7 Å². The molecule has 5 saturated heterocycles. The highest BCUT2D eigenvalue weighted by Gasteiger charge is 2.42. The Kier molecular flexibility index (Phi) is 9.91. The molecule has 2 atom stereocenters. The Morgan fingerprint density at radius 3 is 2.28 bits per heavy atom. The van der Waals surface area contributed by atoms with Crippen LogP contribution >= 0.6 is 11.6 Å². The smallest absolute Gasteiger partial charge is 0.328 e. The second-order valence-electron chi connectivity index (χ2n) is 18.3. The average Bonchev–Trinajstić information content (AvgIpc) is 3.71. The van der Waals surface area contributed by atoms with E-state index in [2.05, 4.69) is 89.2 Å². The Hall–Kier alpha value is -4.55. The zero-order chi connectivity index (χ0) is 39.5. The zero-order valence-corrected chi connectivity index (χ0v) is 34.5. The van der Waals surface area contributed by atoms with Crippen molar-refractivity contribution in [2.45, 2.75) is 95.7 Å². The van der Waals surface area contributed by atoms with Gasteiger partial charge in [-0.15, -0.1) is 10.2 Å². The monoisotopic (exact) mass is 804 g/mol. The van der Waals surface area contributed by atoms with Crippen molar-refractivity contribution < 1.29 is 9.59 Å². The fourth-order valence-electron chi connectivity index (χ4n) is 11.6. The molecule has 1 saturated carbocycles. The van der Waals surface area contributed by atoms with Crippen molar-refractivity contribution in [1.29, 1.82) is 0 Å². The number of nitrogens with one attached hydrogen (secondary N) is 1. The van der Waals surface area contributed by atoms with Crippen LogP contribution in [0.2, 0.25) is 5.15 Å². The number of halogens is 1. The van der Waals surface area contributed by atoms with E-state index in [-0.39, 0.29) is 11.9 Å². The summed E-state index contributed by atoms with van der Waals surface area (Å²) in [6.45, 7) is 10.4. The number of imide groups is 1. The molecule has 0 radical (unpaired) electrons. The number of piperazine rings is 1. The van der Waals surface area contributed by atoms with Crippen molar-refractivity contribution in [2.24, 2.45) is 11.3 Å². The lowest BCUT2D eigenvalue weighted by Gasteiger charge is -2.47. The number of benzene rings is 2. The standard InChI is InChI=1S/C45H57ClN10O2/c1-30-26-55(39-8-7-34(24-38(30)39)54-20-13-42(57)48-44(54)58)32-9-14-45(15-10-32)16-21-51(22-17-45)27-31-11-18-52(19-12-31)33-3-2-4-35(23-33)56-36-5-6-37(56)29-53(28-36)40-25-41(46)49-50-43(40)47/h2-4,7-8,23-26,31-32,36-37H,5-6,9-22,27-29H2,1H3,(H2,47,50)(H,48,57,58). The summed E-state index contributed by atoms with van der Waals surface area (Å²) < 4.78 is 2.51. The Morgan fingerprint density at radius 1 is 0.793 bits per heavy atom. The van der Waals surface area contributed by atoms with Crippen LogP contribution in [0.1, 0.15) is 82.2 Å². The minimum Gasteiger partial charge on any atom is -0.380 e. The number of carbonyl (C=O) groups excluding carboxylic acids is 2. The van der Waals surface area contributed by atoms with Gasteiger partial charge in [-0.2, -0.15) is 0 Å². The molecule has 10 rings (SSSR count). The van der Waals surface area contributed by atoms with Crippen molar-refractivity contribution in [3.63, 3.8) is 0 Å². The predicted octanol–water partition coefficient (Wildman–Crippen LogP) is 7.39. The van der Waals surface area contributed by atoms with E-state index in [1.807, 2.05) is 12.1 Å². The first-order valence-electron chi connectivity index (χ1n) is 21.8. The molecular formula is C45H57ClN10O2. The highest BCUT2D eigenvalue weighted by Crippen LogP contribution is 2.49. The van der Waals surface area contributed by atoms with Gasteiger partial charge in [0.15, 0.2) is 11.0 Å². The second-order valence-corrected chi connectivity index (χ2v) is 18.7. The van der Waals surface area contributed by atoms with E-state index in [9.17, 15) is 9.59 Å². The van der Waals surface area contributed by atoms with E-state index in [0.717, 1.165) is 43.5 Å². The third kappa shape index (κ3) is 7.14. The molecule has 13 heteroatoms.